The Morgan fingerprint density at radius 2 is 2.03 bits per heavy atom. The van der Waals surface area contributed by atoms with Gasteiger partial charge >= 0.3 is 0 Å². The van der Waals surface area contributed by atoms with Crippen LogP contribution in [0.5, 0.6) is 0 Å². The SMILES string of the molecule is CNC(=O)c1cccc2sc(-c3nc(NCCCN4CCN(C)C(C)C4)ncc3Cl)cc12.Cl.Cl.Cl. The topological polar surface area (TPSA) is 73.4 Å². The van der Waals surface area contributed by atoms with Crippen molar-refractivity contribution >= 4 is 82.1 Å². The van der Waals surface area contributed by atoms with Crippen molar-refractivity contribution < 1.29 is 4.79 Å². The van der Waals surface area contributed by atoms with Crippen molar-refractivity contribution in [3.05, 3.63) is 41.0 Å². The molecule has 0 saturated carbocycles. The zero-order valence-electron chi connectivity index (χ0n) is 19.9. The first-order valence-corrected chi connectivity index (χ1v) is 12.1. The van der Waals surface area contributed by atoms with Gasteiger partial charge < -0.3 is 20.4 Å². The van der Waals surface area contributed by atoms with Crippen molar-refractivity contribution in [3.63, 3.8) is 0 Å². The molecule has 1 unspecified atom stereocenters. The lowest BCUT2D eigenvalue weighted by atomic mass is 10.1. The molecule has 3 aromatic rings. The Labute approximate surface area is 234 Å². The number of nitrogens with one attached hydrogen (secondary N) is 2. The molecule has 1 fully saturated rings. The van der Waals surface area contributed by atoms with E-state index in [0.29, 0.717) is 28.3 Å². The first kappa shape index (κ1) is 31.6. The Bertz CT molecular complexity index is 1110. The largest absolute Gasteiger partial charge is 0.355 e. The number of amides is 1. The monoisotopic (exact) mass is 580 g/mol. The van der Waals surface area contributed by atoms with Gasteiger partial charge in [0.05, 0.1) is 16.1 Å². The molecule has 1 aliphatic rings. The molecule has 3 heterocycles. The molecule has 4 rings (SSSR count). The number of aromatic nitrogens is 2. The summed E-state index contributed by atoms with van der Waals surface area (Å²) in [6, 6.07) is 8.31. The second-order valence-electron chi connectivity index (χ2n) is 8.21. The van der Waals surface area contributed by atoms with E-state index in [9.17, 15) is 4.79 Å². The molecule has 1 aromatic carbocycles. The molecule has 0 radical (unpaired) electrons. The number of fused-ring (bicyclic) bond motifs is 1. The third-order valence-electron chi connectivity index (χ3n) is 5.99. The van der Waals surface area contributed by atoms with Crippen LogP contribution in [0.15, 0.2) is 30.5 Å². The third kappa shape index (κ3) is 7.55. The predicted molar refractivity (Wildman–Crippen MR) is 155 cm³/mol. The highest BCUT2D eigenvalue weighted by molar-refractivity contribution is 7.22. The zero-order valence-corrected chi connectivity index (χ0v) is 23.9. The van der Waals surface area contributed by atoms with Crippen LogP contribution < -0.4 is 10.6 Å². The fourth-order valence-corrected chi connectivity index (χ4v) is 5.31. The van der Waals surface area contributed by atoms with Gasteiger partial charge in [0.2, 0.25) is 5.95 Å². The molecule has 0 bridgehead atoms. The number of anilines is 1. The van der Waals surface area contributed by atoms with Gasteiger partial charge in [-0.05, 0) is 45.1 Å². The normalized spacial score (nSPS) is 16.1. The first-order valence-electron chi connectivity index (χ1n) is 10.9. The molecule has 35 heavy (non-hydrogen) atoms. The number of benzene rings is 1. The van der Waals surface area contributed by atoms with Gasteiger partial charge in [0.1, 0.15) is 5.69 Å². The number of likely N-dealkylation sites (N-methyl/N-ethyl adjacent to an activating group) is 1. The van der Waals surface area contributed by atoms with E-state index < -0.39 is 0 Å². The molecular formula is C23H32Cl4N6OS. The van der Waals surface area contributed by atoms with Gasteiger partial charge in [-0.25, -0.2) is 9.97 Å². The van der Waals surface area contributed by atoms with E-state index in [1.807, 2.05) is 24.3 Å². The van der Waals surface area contributed by atoms with Crippen LogP contribution in [0.25, 0.3) is 20.7 Å². The van der Waals surface area contributed by atoms with Crippen LogP contribution >= 0.6 is 60.2 Å². The highest BCUT2D eigenvalue weighted by atomic mass is 35.5. The summed E-state index contributed by atoms with van der Waals surface area (Å²) in [5, 5.41) is 7.43. The fraction of sp³-hybridized carbons (Fsp3) is 0.435. The summed E-state index contributed by atoms with van der Waals surface area (Å²) in [6.45, 7) is 7.49. The predicted octanol–water partition coefficient (Wildman–Crippen LogP) is 5.07. The summed E-state index contributed by atoms with van der Waals surface area (Å²) in [4.78, 5) is 27.1. The average molecular weight is 582 g/mol. The van der Waals surface area contributed by atoms with Gasteiger partial charge in [-0.2, -0.15) is 0 Å². The van der Waals surface area contributed by atoms with Gasteiger partial charge in [0, 0.05) is 54.9 Å². The van der Waals surface area contributed by atoms with Gasteiger partial charge in [0.15, 0.2) is 0 Å². The van der Waals surface area contributed by atoms with Gasteiger partial charge in [-0.15, -0.1) is 48.6 Å². The number of carbonyl (C=O) groups is 1. The highest BCUT2D eigenvalue weighted by Crippen LogP contribution is 2.37. The fourth-order valence-electron chi connectivity index (χ4n) is 3.97. The number of rotatable bonds is 7. The van der Waals surface area contributed by atoms with Crippen LogP contribution in [0.3, 0.4) is 0 Å². The Hall–Kier alpha value is -1.39. The smallest absolute Gasteiger partial charge is 0.251 e. The van der Waals surface area contributed by atoms with Crippen LogP contribution in [0, 0.1) is 0 Å². The maximum absolute atomic E-state index is 12.2. The molecule has 1 saturated heterocycles. The standard InChI is InChI=1S/C23H29ClN6OS.3ClH/c1-15-14-30(11-10-29(15)3)9-5-8-26-23-27-13-18(24)21(28-23)20-12-17-16(22(31)25-2)6-4-7-19(17)32-20;;;/h4,6-7,12-13,15H,5,8-11,14H2,1-3H3,(H,25,31)(H,26,27,28);3*1H. The molecule has 7 nitrogen and oxygen atoms in total. The Morgan fingerprint density at radius 1 is 1.26 bits per heavy atom. The molecule has 1 aliphatic heterocycles. The lowest BCUT2D eigenvalue weighted by Gasteiger charge is -2.37. The molecule has 2 N–H and O–H groups in total. The Balaban J connectivity index is 0.00000204. The van der Waals surface area contributed by atoms with E-state index in [4.69, 9.17) is 11.6 Å². The zero-order chi connectivity index (χ0) is 22.7. The lowest BCUT2D eigenvalue weighted by molar-refractivity contribution is 0.0964. The van der Waals surface area contributed by atoms with Crippen molar-refractivity contribution in [1.82, 2.24) is 25.1 Å². The number of piperazine rings is 1. The van der Waals surface area contributed by atoms with Crippen LogP contribution in [0.1, 0.15) is 23.7 Å². The summed E-state index contributed by atoms with van der Waals surface area (Å²) in [5.74, 6) is 0.464. The average Bonchev–Trinajstić information content (AvgIpc) is 3.23. The second-order valence-corrected chi connectivity index (χ2v) is 9.70. The van der Waals surface area contributed by atoms with E-state index in [-0.39, 0.29) is 43.1 Å². The quantitative estimate of drug-likeness (QED) is 0.379. The molecule has 194 valence electrons. The number of hydrogen-bond donors (Lipinski definition) is 2. The van der Waals surface area contributed by atoms with Gasteiger partial charge in [0.25, 0.3) is 5.91 Å². The van der Waals surface area contributed by atoms with Gasteiger partial charge in [-0.1, -0.05) is 17.7 Å². The molecule has 12 heteroatoms. The number of nitrogens with zero attached hydrogens (tertiary/aromatic N) is 4. The lowest BCUT2D eigenvalue weighted by Crippen LogP contribution is -2.50. The molecular weight excluding hydrogens is 550 g/mol. The number of hydrogen-bond acceptors (Lipinski definition) is 7. The minimum atomic E-state index is -0.106. The van der Waals surface area contributed by atoms with Crippen molar-refractivity contribution in [2.45, 2.75) is 19.4 Å². The molecule has 0 aliphatic carbocycles. The van der Waals surface area contributed by atoms with E-state index in [1.165, 1.54) is 0 Å². The number of thiophene rings is 1. The second kappa shape index (κ2) is 14.4. The Morgan fingerprint density at radius 3 is 2.74 bits per heavy atom. The van der Waals surface area contributed by atoms with Crippen molar-refractivity contribution in [2.24, 2.45) is 0 Å². The maximum atomic E-state index is 12.2. The van der Waals surface area contributed by atoms with Crippen LogP contribution in [-0.4, -0.2) is 78.5 Å². The summed E-state index contributed by atoms with van der Waals surface area (Å²) in [7, 11) is 3.83. The van der Waals surface area contributed by atoms with Crippen LogP contribution in [-0.2, 0) is 0 Å². The van der Waals surface area contributed by atoms with E-state index in [1.54, 1.807) is 24.6 Å². The van der Waals surface area contributed by atoms with Crippen molar-refractivity contribution in [2.75, 3.05) is 52.1 Å². The summed E-state index contributed by atoms with van der Waals surface area (Å²) >= 11 is 8.01. The third-order valence-corrected chi connectivity index (χ3v) is 7.37. The molecule has 2 aromatic heterocycles. The number of carbonyl (C=O) groups excluding carboxylic acids is 1. The van der Waals surface area contributed by atoms with Crippen LogP contribution in [0.4, 0.5) is 5.95 Å². The van der Waals surface area contributed by atoms with E-state index in [0.717, 1.165) is 54.1 Å². The van der Waals surface area contributed by atoms with Crippen molar-refractivity contribution in [3.8, 4) is 10.6 Å². The van der Waals surface area contributed by atoms with Gasteiger partial charge in [-0.3, -0.25) is 4.79 Å². The summed E-state index contributed by atoms with van der Waals surface area (Å²) in [5.41, 5.74) is 1.33. The minimum absolute atomic E-state index is 0. The summed E-state index contributed by atoms with van der Waals surface area (Å²) < 4.78 is 1.02. The van der Waals surface area contributed by atoms with Crippen LogP contribution in [0.2, 0.25) is 5.02 Å². The molecule has 1 atom stereocenters. The van der Waals surface area contributed by atoms with E-state index >= 15 is 0 Å². The molecule has 1 amide bonds. The van der Waals surface area contributed by atoms with E-state index in [2.05, 4.69) is 44.4 Å². The summed E-state index contributed by atoms with van der Waals surface area (Å²) in [6.07, 6.45) is 2.66. The maximum Gasteiger partial charge on any atom is 0.251 e. The Kier molecular flexibility index (Phi) is 13.0. The minimum Gasteiger partial charge on any atom is -0.355 e. The van der Waals surface area contributed by atoms with Crippen molar-refractivity contribution in [1.29, 1.82) is 0 Å². The highest BCUT2D eigenvalue weighted by Gasteiger charge is 2.20. The molecule has 0 spiro atoms. The first-order chi connectivity index (χ1) is 15.5. The number of halogens is 4.